The van der Waals surface area contributed by atoms with E-state index in [2.05, 4.69) is 142 Å². The van der Waals surface area contributed by atoms with E-state index < -0.39 is 6.10 Å². The van der Waals surface area contributed by atoms with E-state index in [0.29, 0.717) is 19.3 Å². The largest absolute Gasteiger partial charge is 0.462 e. The normalized spacial score (nSPS) is 13.0. The molecule has 0 radical (unpaired) electrons. The van der Waals surface area contributed by atoms with Crippen LogP contribution in [0.3, 0.4) is 0 Å². The molecule has 384 valence electrons. The molecule has 0 fully saturated rings. The van der Waals surface area contributed by atoms with Crippen LogP contribution in [-0.2, 0) is 28.6 Å². The van der Waals surface area contributed by atoms with Gasteiger partial charge in [-0.1, -0.05) is 226 Å². The van der Waals surface area contributed by atoms with Crippen LogP contribution in [0, 0.1) is 0 Å². The number of hydrogen-bond acceptors (Lipinski definition) is 6. The van der Waals surface area contributed by atoms with Gasteiger partial charge in [0, 0.05) is 19.3 Å². The van der Waals surface area contributed by atoms with Crippen molar-refractivity contribution in [3.8, 4) is 0 Å². The van der Waals surface area contributed by atoms with Gasteiger partial charge in [-0.05, 0) is 109 Å². The molecule has 0 bridgehead atoms. The number of ether oxygens (including phenoxy) is 3. The molecule has 6 heteroatoms. The number of unbranched alkanes of at least 4 members (excludes halogenated alkanes) is 17. The predicted octanol–water partition coefficient (Wildman–Crippen LogP) is 18.5. The van der Waals surface area contributed by atoms with Crippen molar-refractivity contribution in [2.75, 3.05) is 13.2 Å². The lowest BCUT2D eigenvalue weighted by Crippen LogP contribution is -2.30. The maximum absolute atomic E-state index is 12.8. The lowest BCUT2D eigenvalue weighted by atomic mass is 10.0. The minimum atomic E-state index is -0.811. The summed E-state index contributed by atoms with van der Waals surface area (Å²) in [5.41, 5.74) is 0. The molecule has 0 N–H and O–H groups in total. The molecular weight excluding hydrogens is 841 g/mol. The summed E-state index contributed by atoms with van der Waals surface area (Å²) < 4.78 is 16.8. The van der Waals surface area contributed by atoms with Crippen LogP contribution in [-0.4, -0.2) is 37.2 Å². The molecular formula is C62H100O6. The van der Waals surface area contributed by atoms with Crippen molar-refractivity contribution < 1.29 is 28.6 Å². The van der Waals surface area contributed by atoms with Gasteiger partial charge in [-0.25, -0.2) is 0 Å². The molecule has 0 spiro atoms. The van der Waals surface area contributed by atoms with Crippen molar-refractivity contribution in [2.45, 2.75) is 239 Å². The van der Waals surface area contributed by atoms with E-state index >= 15 is 0 Å². The topological polar surface area (TPSA) is 78.9 Å². The van der Waals surface area contributed by atoms with Crippen LogP contribution in [0.5, 0.6) is 0 Å². The van der Waals surface area contributed by atoms with Crippen LogP contribution in [0.2, 0.25) is 0 Å². The Morgan fingerprint density at radius 3 is 0.926 bits per heavy atom. The number of rotatable bonds is 48. The third-order valence-corrected chi connectivity index (χ3v) is 11.2. The number of carbonyl (C=O) groups excluding carboxylic acids is 3. The number of hydrogen-bond donors (Lipinski definition) is 0. The fourth-order valence-corrected chi connectivity index (χ4v) is 7.14. The lowest BCUT2D eigenvalue weighted by Gasteiger charge is -2.18. The average Bonchev–Trinajstić information content (AvgIpc) is 3.34. The molecule has 1 atom stereocenters. The monoisotopic (exact) mass is 941 g/mol. The Kier molecular flexibility index (Phi) is 52.0. The van der Waals surface area contributed by atoms with Gasteiger partial charge in [0.05, 0.1) is 0 Å². The molecule has 0 aromatic heterocycles. The van der Waals surface area contributed by atoms with Crippen LogP contribution in [0.15, 0.2) is 122 Å². The smallest absolute Gasteiger partial charge is 0.306 e. The summed E-state index contributed by atoms with van der Waals surface area (Å²) in [6, 6.07) is 0. The van der Waals surface area contributed by atoms with E-state index in [9.17, 15) is 14.4 Å². The summed E-state index contributed by atoms with van der Waals surface area (Å²) in [6.07, 6.45) is 76.1. The summed E-state index contributed by atoms with van der Waals surface area (Å²) in [4.78, 5) is 38.1. The third kappa shape index (κ3) is 52.8. The Hall–Kier alpha value is -4.19. The summed E-state index contributed by atoms with van der Waals surface area (Å²) in [5, 5.41) is 0. The van der Waals surface area contributed by atoms with E-state index in [4.69, 9.17) is 14.2 Å². The van der Waals surface area contributed by atoms with Gasteiger partial charge in [-0.2, -0.15) is 0 Å². The average molecular weight is 941 g/mol. The fraction of sp³-hybridized carbons (Fsp3) is 0.629. The Morgan fingerprint density at radius 2 is 0.574 bits per heavy atom. The second-order valence-electron chi connectivity index (χ2n) is 17.7. The second-order valence-corrected chi connectivity index (χ2v) is 17.7. The highest BCUT2D eigenvalue weighted by Gasteiger charge is 2.19. The number of esters is 3. The molecule has 6 nitrogen and oxygen atoms in total. The Labute approximate surface area is 418 Å². The quantitative estimate of drug-likeness (QED) is 0.0262. The van der Waals surface area contributed by atoms with Gasteiger partial charge in [0.15, 0.2) is 6.10 Å². The second kappa shape index (κ2) is 55.4. The zero-order chi connectivity index (χ0) is 49.3. The molecule has 0 saturated carbocycles. The van der Waals surface area contributed by atoms with Crippen molar-refractivity contribution >= 4 is 17.9 Å². The summed E-state index contributed by atoms with van der Waals surface area (Å²) >= 11 is 0. The minimum absolute atomic E-state index is 0.104. The first kappa shape index (κ1) is 63.8. The van der Waals surface area contributed by atoms with Crippen molar-refractivity contribution in [3.63, 3.8) is 0 Å². The predicted molar refractivity (Wildman–Crippen MR) is 293 cm³/mol. The van der Waals surface area contributed by atoms with Gasteiger partial charge in [-0.3, -0.25) is 14.4 Å². The van der Waals surface area contributed by atoms with Crippen molar-refractivity contribution in [1.29, 1.82) is 0 Å². The van der Waals surface area contributed by atoms with Gasteiger partial charge in [0.25, 0.3) is 0 Å². The first-order valence-electron chi connectivity index (χ1n) is 27.5. The van der Waals surface area contributed by atoms with Crippen molar-refractivity contribution in [3.05, 3.63) is 122 Å². The van der Waals surface area contributed by atoms with Crippen LogP contribution in [0.25, 0.3) is 0 Å². The van der Waals surface area contributed by atoms with Crippen LogP contribution < -0.4 is 0 Å². The molecule has 68 heavy (non-hydrogen) atoms. The molecule has 0 aromatic rings. The lowest BCUT2D eigenvalue weighted by molar-refractivity contribution is -0.167. The van der Waals surface area contributed by atoms with E-state index in [0.717, 1.165) is 128 Å². The first-order valence-corrected chi connectivity index (χ1v) is 27.5. The SMILES string of the molecule is CC/C=C\C/C=C\C/C=C\C/C=C\C/C=C\C/C=C\CCCCC(=O)OCC(COC(=O)CCCCCCCCCCCCCC)OC(=O)CCCCCC/C=C\C/C=C\C/C=C\C/C=C\CC. The highest BCUT2D eigenvalue weighted by atomic mass is 16.6. The summed E-state index contributed by atoms with van der Waals surface area (Å²) in [6.45, 7) is 6.34. The maximum atomic E-state index is 12.8. The zero-order valence-electron chi connectivity index (χ0n) is 43.8. The van der Waals surface area contributed by atoms with E-state index in [1.54, 1.807) is 0 Å². The molecule has 0 aliphatic carbocycles. The molecule has 0 amide bonds. The highest BCUT2D eigenvalue weighted by molar-refractivity contribution is 5.71. The zero-order valence-corrected chi connectivity index (χ0v) is 43.8. The van der Waals surface area contributed by atoms with Gasteiger partial charge >= 0.3 is 17.9 Å². The number of carbonyl (C=O) groups is 3. The Morgan fingerprint density at radius 1 is 0.309 bits per heavy atom. The molecule has 0 saturated heterocycles. The highest BCUT2D eigenvalue weighted by Crippen LogP contribution is 2.14. The van der Waals surface area contributed by atoms with Crippen LogP contribution >= 0.6 is 0 Å². The van der Waals surface area contributed by atoms with Gasteiger partial charge < -0.3 is 14.2 Å². The maximum Gasteiger partial charge on any atom is 0.306 e. The Bertz CT molecular complexity index is 1450. The van der Waals surface area contributed by atoms with E-state index in [1.165, 1.54) is 57.8 Å². The van der Waals surface area contributed by atoms with Crippen molar-refractivity contribution in [1.82, 2.24) is 0 Å². The van der Waals surface area contributed by atoms with Crippen molar-refractivity contribution in [2.24, 2.45) is 0 Å². The van der Waals surface area contributed by atoms with E-state index in [-0.39, 0.29) is 37.5 Å². The standard InChI is InChI=1S/C62H100O6/c1-4-7-10-13-16-19-22-25-27-29-30-31-32-34-35-37-40-43-46-49-52-55-61(64)67-58-59(57-66-60(63)54-51-48-45-42-39-24-21-18-15-12-9-6-3)68-62(65)56-53-50-47-44-41-38-36-33-28-26-23-20-17-14-11-8-5-2/h7-8,10-11,16-17,19-20,25-28,30-31,34-36,38,40,43,59H,4-6,9,12-15,18,21-24,29,32-33,37,39,41-42,44-58H2,1-3H3/b10-7-,11-8-,19-16-,20-17-,27-25-,28-26-,31-30-,35-34-,38-36-,43-40-. The molecule has 0 aliphatic heterocycles. The third-order valence-electron chi connectivity index (χ3n) is 11.2. The first-order chi connectivity index (χ1) is 33.5. The van der Waals surface area contributed by atoms with Gasteiger partial charge in [0.1, 0.15) is 13.2 Å². The minimum Gasteiger partial charge on any atom is -0.462 e. The fourth-order valence-electron chi connectivity index (χ4n) is 7.14. The van der Waals surface area contributed by atoms with Gasteiger partial charge in [-0.15, -0.1) is 0 Å². The van der Waals surface area contributed by atoms with Gasteiger partial charge in [0.2, 0.25) is 0 Å². The molecule has 0 rings (SSSR count). The Balaban J connectivity index is 4.51. The summed E-state index contributed by atoms with van der Waals surface area (Å²) in [5.74, 6) is -0.977. The summed E-state index contributed by atoms with van der Waals surface area (Å²) in [7, 11) is 0. The molecule has 0 aromatic carbocycles. The van der Waals surface area contributed by atoms with Crippen LogP contribution in [0.4, 0.5) is 0 Å². The van der Waals surface area contributed by atoms with Crippen LogP contribution in [0.1, 0.15) is 233 Å². The molecule has 0 heterocycles. The molecule has 1 unspecified atom stereocenters. The molecule has 0 aliphatic rings. The van der Waals surface area contributed by atoms with E-state index in [1.807, 2.05) is 0 Å². The number of allylic oxidation sites excluding steroid dienone is 20.